The lowest BCUT2D eigenvalue weighted by Gasteiger charge is -2.23. The number of nitrogens with two attached hydrogens (primary N) is 1. The van der Waals surface area contributed by atoms with Crippen LogP contribution in [0.3, 0.4) is 0 Å². The average molecular weight is 366 g/mol. The van der Waals surface area contributed by atoms with E-state index in [-0.39, 0.29) is 23.0 Å². The zero-order valence-electron chi connectivity index (χ0n) is 12.7. The van der Waals surface area contributed by atoms with Crippen LogP contribution in [0.4, 0.5) is 5.82 Å². The fourth-order valence-electron chi connectivity index (χ4n) is 1.55. The van der Waals surface area contributed by atoms with Crippen molar-refractivity contribution < 1.29 is 26.7 Å². The van der Waals surface area contributed by atoms with Gasteiger partial charge in [0, 0.05) is 6.26 Å². The number of sulfonamides is 1. The number of pyridine rings is 1. The number of nitrogen functional groups attached to an aromatic ring is 1. The molecule has 0 saturated heterocycles. The van der Waals surface area contributed by atoms with Crippen LogP contribution in [0.15, 0.2) is 17.0 Å². The van der Waals surface area contributed by atoms with E-state index in [4.69, 9.17) is 10.8 Å². The Morgan fingerprint density at radius 1 is 1.35 bits per heavy atom. The lowest BCUT2D eigenvalue weighted by molar-refractivity contribution is -0.139. The number of aliphatic carboxylic acids is 1. The number of carboxylic acids is 1. The molecule has 23 heavy (non-hydrogen) atoms. The maximum absolute atomic E-state index is 11.8. The Morgan fingerprint density at radius 2 is 1.91 bits per heavy atom. The second-order valence-electron chi connectivity index (χ2n) is 4.95. The van der Waals surface area contributed by atoms with Gasteiger partial charge in [-0.05, 0) is 19.1 Å². The Balaban J connectivity index is 3.19. The number of aromatic nitrogens is 1. The largest absolute Gasteiger partial charge is 0.480 e. The predicted octanol–water partition coefficient (Wildman–Crippen LogP) is -1.19. The van der Waals surface area contributed by atoms with Crippen molar-refractivity contribution in [1.82, 2.24) is 14.8 Å². The first-order valence-corrected chi connectivity index (χ1v) is 9.98. The summed E-state index contributed by atoms with van der Waals surface area (Å²) >= 11 is 0. The van der Waals surface area contributed by atoms with Gasteiger partial charge in [0.05, 0.1) is 23.4 Å². The van der Waals surface area contributed by atoms with Crippen LogP contribution >= 0.6 is 0 Å². The molecule has 0 spiro atoms. The van der Waals surface area contributed by atoms with E-state index in [0.717, 1.165) is 18.6 Å². The van der Waals surface area contributed by atoms with Crippen LogP contribution in [0, 0.1) is 0 Å². The van der Waals surface area contributed by atoms with Gasteiger partial charge in [-0.15, -0.1) is 4.41 Å². The highest BCUT2D eigenvalue weighted by molar-refractivity contribution is 7.90. The Bertz CT molecular complexity index is 806. The van der Waals surface area contributed by atoms with Gasteiger partial charge in [0.1, 0.15) is 11.9 Å². The lowest BCUT2D eigenvalue weighted by Crippen LogP contribution is -2.49. The minimum atomic E-state index is -3.82. The fraction of sp³-hybridized carbons (Fsp3) is 0.455. The number of anilines is 1. The first-order valence-electron chi connectivity index (χ1n) is 6.24. The van der Waals surface area contributed by atoms with Gasteiger partial charge in [0.15, 0.2) is 9.84 Å². The van der Waals surface area contributed by atoms with E-state index in [2.05, 4.69) is 10.4 Å². The number of nitrogens with one attached hydrogen (secondary N) is 1. The summed E-state index contributed by atoms with van der Waals surface area (Å²) in [6, 6.07) is 1.15. The second kappa shape index (κ2) is 6.78. The normalized spacial score (nSPS) is 13.9. The smallest absolute Gasteiger partial charge is 0.321 e. The molecule has 0 aliphatic rings. The molecule has 0 bridgehead atoms. The first kappa shape index (κ1) is 19.3. The van der Waals surface area contributed by atoms with E-state index in [0.29, 0.717) is 4.41 Å². The zero-order valence-corrected chi connectivity index (χ0v) is 14.3. The molecule has 0 radical (unpaired) electrons. The highest BCUT2D eigenvalue weighted by Gasteiger charge is 2.23. The highest BCUT2D eigenvalue weighted by Crippen LogP contribution is 2.15. The monoisotopic (exact) mass is 366 g/mol. The fourth-order valence-corrected chi connectivity index (χ4v) is 2.96. The van der Waals surface area contributed by atoms with E-state index < -0.39 is 31.9 Å². The molecular weight excluding hydrogens is 348 g/mol. The van der Waals surface area contributed by atoms with Crippen molar-refractivity contribution in [1.29, 1.82) is 0 Å². The van der Waals surface area contributed by atoms with Crippen molar-refractivity contribution in [3.63, 3.8) is 0 Å². The van der Waals surface area contributed by atoms with E-state index in [1.54, 1.807) is 0 Å². The number of nitrogens with zero attached hydrogens (tertiary/aromatic N) is 2. The Morgan fingerprint density at radius 3 is 2.35 bits per heavy atom. The number of rotatable bonds is 7. The standard InChI is InChI=1S/C11H18N4O6S2/c1-7(11(16)17)14-15(23(3,20)21)6-8-4-9(22(2,18)19)5-10(12)13-8/h4-5,7,14H,6H2,1-3H3,(H2,12,13)(H,16,17)/t7-/m0/s1. The van der Waals surface area contributed by atoms with Gasteiger partial charge in [-0.1, -0.05) is 0 Å². The summed E-state index contributed by atoms with van der Waals surface area (Å²) in [5, 5.41) is 8.86. The third-order valence-corrected chi connectivity index (χ3v) is 4.84. The van der Waals surface area contributed by atoms with Crippen LogP contribution in [0.25, 0.3) is 0 Å². The molecular formula is C11H18N4O6S2. The van der Waals surface area contributed by atoms with Crippen LogP contribution in [0.1, 0.15) is 12.6 Å². The summed E-state index contributed by atoms with van der Waals surface area (Å²) in [5.41, 5.74) is 7.89. The van der Waals surface area contributed by atoms with Crippen molar-refractivity contribution in [2.75, 3.05) is 18.2 Å². The van der Waals surface area contributed by atoms with Gasteiger partial charge in [-0.3, -0.25) is 4.79 Å². The van der Waals surface area contributed by atoms with Crippen molar-refractivity contribution in [2.45, 2.75) is 24.4 Å². The van der Waals surface area contributed by atoms with Gasteiger partial charge in [-0.2, -0.15) is 0 Å². The van der Waals surface area contributed by atoms with Gasteiger partial charge >= 0.3 is 5.97 Å². The topological polar surface area (TPSA) is 160 Å². The van der Waals surface area contributed by atoms with Crippen molar-refractivity contribution in [3.8, 4) is 0 Å². The molecule has 0 aliphatic heterocycles. The molecule has 1 rings (SSSR count). The van der Waals surface area contributed by atoms with E-state index in [1.165, 1.54) is 13.0 Å². The Labute approximate surface area is 134 Å². The number of hydrogen-bond acceptors (Lipinski definition) is 8. The SMILES string of the molecule is C[C@H](NN(Cc1cc(S(C)(=O)=O)cc(N)n1)S(C)(=O)=O)C(=O)O. The summed E-state index contributed by atoms with van der Waals surface area (Å²) in [5.74, 6) is -1.35. The quantitative estimate of drug-likeness (QED) is 0.504. The molecule has 1 aromatic heterocycles. The van der Waals surface area contributed by atoms with Crippen molar-refractivity contribution >= 4 is 31.6 Å². The van der Waals surface area contributed by atoms with Gasteiger partial charge in [0.2, 0.25) is 10.0 Å². The van der Waals surface area contributed by atoms with Crippen molar-refractivity contribution in [2.24, 2.45) is 0 Å². The third-order valence-electron chi connectivity index (χ3n) is 2.71. The first-order chi connectivity index (χ1) is 10.3. The van der Waals surface area contributed by atoms with Crippen LogP contribution < -0.4 is 11.2 Å². The summed E-state index contributed by atoms with van der Waals surface area (Å²) < 4.78 is 47.3. The van der Waals surface area contributed by atoms with Crippen LogP contribution in [0.5, 0.6) is 0 Å². The number of sulfone groups is 1. The van der Waals surface area contributed by atoms with E-state index >= 15 is 0 Å². The molecule has 0 unspecified atom stereocenters. The van der Waals surface area contributed by atoms with E-state index in [9.17, 15) is 21.6 Å². The zero-order chi connectivity index (χ0) is 18.0. The number of carboxylic acid groups (broad SMARTS) is 1. The molecule has 0 saturated carbocycles. The molecule has 1 aromatic rings. The van der Waals surface area contributed by atoms with Gasteiger partial charge in [-0.25, -0.2) is 27.2 Å². The van der Waals surface area contributed by atoms with Crippen LogP contribution in [0.2, 0.25) is 0 Å². The summed E-state index contributed by atoms with van der Waals surface area (Å²) in [6.07, 6.45) is 1.85. The number of hydrazine groups is 1. The lowest BCUT2D eigenvalue weighted by atomic mass is 10.3. The Kier molecular flexibility index (Phi) is 5.69. The number of carbonyl (C=O) groups is 1. The molecule has 0 fully saturated rings. The summed E-state index contributed by atoms with van der Waals surface area (Å²) in [6.45, 7) is 0.874. The third kappa shape index (κ3) is 5.74. The van der Waals surface area contributed by atoms with E-state index in [1.807, 2.05) is 0 Å². The molecule has 0 amide bonds. The number of hydrogen-bond donors (Lipinski definition) is 3. The van der Waals surface area contributed by atoms with Gasteiger partial charge in [0.25, 0.3) is 0 Å². The highest BCUT2D eigenvalue weighted by atomic mass is 32.2. The molecule has 0 aromatic carbocycles. The predicted molar refractivity (Wildman–Crippen MR) is 82.4 cm³/mol. The maximum atomic E-state index is 11.8. The molecule has 1 heterocycles. The molecule has 12 heteroatoms. The maximum Gasteiger partial charge on any atom is 0.321 e. The summed E-state index contributed by atoms with van der Waals surface area (Å²) in [7, 11) is -7.38. The minimum absolute atomic E-state index is 0.0564. The van der Waals surface area contributed by atoms with Gasteiger partial charge < -0.3 is 10.8 Å². The van der Waals surface area contributed by atoms with Crippen LogP contribution in [-0.2, 0) is 31.2 Å². The molecule has 1 atom stereocenters. The summed E-state index contributed by atoms with van der Waals surface area (Å²) in [4.78, 5) is 14.6. The molecule has 10 nitrogen and oxygen atoms in total. The average Bonchev–Trinajstić information content (AvgIpc) is 2.34. The minimum Gasteiger partial charge on any atom is -0.480 e. The molecule has 4 N–H and O–H groups in total. The molecule has 130 valence electrons. The van der Waals surface area contributed by atoms with Crippen molar-refractivity contribution in [3.05, 3.63) is 17.8 Å². The Hall–Kier alpha value is -1.76. The second-order valence-corrected chi connectivity index (χ2v) is 8.87. The molecule has 0 aliphatic carbocycles. The van der Waals surface area contributed by atoms with Crippen LogP contribution in [-0.4, -0.2) is 55.9 Å².